The van der Waals surface area contributed by atoms with Crippen LogP contribution in [0.1, 0.15) is 66.7 Å². The molecule has 0 radical (unpaired) electrons. The maximum atomic E-state index is 12.8. The zero-order valence-corrected chi connectivity index (χ0v) is 30.0. The van der Waals surface area contributed by atoms with E-state index in [1.54, 1.807) is 58.0 Å². The van der Waals surface area contributed by atoms with Crippen LogP contribution in [-0.4, -0.2) is 149 Å². The average molecular weight is 702 g/mol. The zero-order chi connectivity index (χ0) is 36.6. The molecule has 1 unspecified atom stereocenters. The molecule has 3 aliphatic heterocycles. The van der Waals surface area contributed by atoms with E-state index in [4.69, 9.17) is 28.4 Å². The first kappa shape index (κ1) is 41.6. The highest BCUT2D eigenvalue weighted by atomic mass is 16.7. The van der Waals surface area contributed by atoms with Crippen molar-refractivity contribution in [3.8, 4) is 0 Å². The number of methoxy groups -OCH3 is 1. The zero-order valence-electron chi connectivity index (χ0n) is 30.0. The predicted octanol–water partition coefficient (Wildman–Crippen LogP) is 0.846. The highest BCUT2D eigenvalue weighted by Gasteiger charge is 2.51. The normalized spacial score (nSPS) is 44.9. The van der Waals surface area contributed by atoms with Gasteiger partial charge < -0.3 is 63.6 Å². The Morgan fingerprint density at radius 1 is 1.00 bits per heavy atom. The summed E-state index contributed by atoms with van der Waals surface area (Å²) in [6, 6.07) is -0.721. The van der Waals surface area contributed by atoms with Crippen LogP contribution >= 0.6 is 0 Å². The van der Waals surface area contributed by atoms with Crippen LogP contribution in [0.3, 0.4) is 0 Å². The van der Waals surface area contributed by atoms with Crippen LogP contribution in [0, 0.1) is 11.8 Å². The van der Waals surface area contributed by atoms with E-state index in [9.17, 15) is 35.1 Å². The molecule has 3 rings (SSSR count). The third-order valence-corrected chi connectivity index (χ3v) is 9.83. The molecule has 0 aromatic heterocycles. The van der Waals surface area contributed by atoms with Gasteiger partial charge in [-0.15, -0.1) is 0 Å². The number of allylic oxidation sites excluding steroid dienone is 2. The van der Waals surface area contributed by atoms with E-state index in [0.29, 0.717) is 6.42 Å². The molecule has 14 heteroatoms. The number of carbonyl (C=O) groups excluding carboxylic acids is 2. The third kappa shape index (κ3) is 11.1. The molecule has 3 aliphatic rings. The molecule has 0 aromatic rings. The highest BCUT2D eigenvalue weighted by molar-refractivity contribution is 5.70. The number of aliphatic hydroxyl groups is 5. The van der Waals surface area contributed by atoms with Gasteiger partial charge in [0.15, 0.2) is 12.6 Å². The molecule has 16 atom stereocenters. The van der Waals surface area contributed by atoms with Gasteiger partial charge in [-0.2, -0.15) is 0 Å². The summed E-state index contributed by atoms with van der Waals surface area (Å²) in [5.74, 6) is -1.64. The van der Waals surface area contributed by atoms with Gasteiger partial charge in [0.25, 0.3) is 0 Å². The van der Waals surface area contributed by atoms with Crippen LogP contribution in [0.15, 0.2) is 24.3 Å². The number of aliphatic hydroxyl groups excluding tert-OH is 4. The standard InChI is InChI=1S/C35H59NO13/c1-19-16-23(14-15-37)31(32(44-8)25(39)17-26(40)45-20(2)12-10-9-11-13-24(19)38)49-34-29(41)28(36(6)7)30(21(3)47-34)48-27-18-35(5,43)33(42)22(4)46-27/h9-11,13,15,19-25,27-34,38-39,41-43H,12,14,16-18H2,1-8H3/t19-,20-,21-,22+,23+,24+,25-,27+,28-,29-,30-,31+,32?,33+,34+,35-/m1/s1. The summed E-state index contributed by atoms with van der Waals surface area (Å²) < 4.78 is 36.1. The smallest absolute Gasteiger partial charge is 0.308 e. The summed E-state index contributed by atoms with van der Waals surface area (Å²) in [7, 11) is 4.86. The molecular formula is C35H59NO13. The second-order valence-electron chi connectivity index (χ2n) is 14.3. The van der Waals surface area contributed by atoms with Gasteiger partial charge in [0.1, 0.15) is 36.8 Å². The maximum Gasteiger partial charge on any atom is 0.308 e. The van der Waals surface area contributed by atoms with Gasteiger partial charge in [0.05, 0.1) is 48.6 Å². The lowest BCUT2D eigenvalue weighted by Crippen LogP contribution is -2.65. The number of esters is 1. The van der Waals surface area contributed by atoms with Crippen molar-refractivity contribution in [3.63, 3.8) is 0 Å². The summed E-state index contributed by atoms with van der Waals surface area (Å²) in [6.07, 6.45) is -4.00. The quantitative estimate of drug-likeness (QED) is 0.177. The Hall–Kier alpha value is -1.82. The fraction of sp³-hybridized carbons (Fsp3) is 0.829. The van der Waals surface area contributed by atoms with E-state index in [1.165, 1.54) is 14.0 Å². The molecule has 0 bridgehead atoms. The molecule has 2 saturated heterocycles. The van der Waals surface area contributed by atoms with Gasteiger partial charge in [-0.25, -0.2) is 0 Å². The summed E-state index contributed by atoms with van der Waals surface area (Å²) in [4.78, 5) is 26.6. The molecule has 0 saturated carbocycles. The Labute approximate surface area is 289 Å². The Kier molecular flexibility index (Phi) is 15.8. The first-order chi connectivity index (χ1) is 23.0. The number of hydrogen-bond donors (Lipinski definition) is 5. The van der Waals surface area contributed by atoms with E-state index >= 15 is 0 Å². The minimum absolute atomic E-state index is 0.0164. The molecule has 0 spiro atoms. The van der Waals surface area contributed by atoms with Gasteiger partial charge in [-0.3, -0.25) is 4.79 Å². The number of ether oxygens (including phenoxy) is 6. The summed E-state index contributed by atoms with van der Waals surface area (Å²) in [6.45, 7) is 8.44. The van der Waals surface area contributed by atoms with Gasteiger partial charge in [-0.1, -0.05) is 31.2 Å². The van der Waals surface area contributed by atoms with E-state index in [-0.39, 0.29) is 25.2 Å². The lowest BCUT2D eigenvalue weighted by Gasteiger charge is -2.50. The molecule has 2 fully saturated rings. The topological polar surface area (TPSA) is 194 Å². The number of likely N-dealkylation sites (N-methyl/N-ethyl adjacent to an activating group) is 1. The summed E-state index contributed by atoms with van der Waals surface area (Å²) >= 11 is 0. The van der Waals surface area contributed by atoms with Crippen LogP contribution in [0.25, 0.3) is 0 Å². The summed E-state index contributed by atoms with van der Waals surface area (Å²) in [5.41, 5.74) is -1.46. The van der Waals surface area contributed by atoms with Crippen molar-refractivity contribution in [1.82, 2.24) is 4.90 Å². The number of aldehydes is 1. The first-order valence-electron chi connectivity index (χ1n) is 17.2. The number of carbonyl (C=O) groups is 2. The Morgan fingerprint density at radius 2 is 1.69 bits per heavy atom. The second kappa shape index (κ2) is 18.6. The fourth-order valence-electron chi connectivity index (χ4n) is 7.04. The number of rotatable bonds is 8. The molecule has 282 valence electrons. The highest BCUT2D eigenvalue weighted by Crippen LogP contribution is 2.36. The lowest BCUT2D eigenvalue weighted by molar-refractivity contribution is -0.344. The van der Waals surface area contributed by atoms with E-state index in [1.807, 2.05) is 13.0 Å². The van der Waals surface area contributed by atoms with Crippen molar-refractivity contribution < 1.29 is 63.5 Å². The third-order valence-electron chi connectivity index (χ3n) is 9.83. The number of cyclic esters (lactones) is 1. The Balaban J connectivity index is 1.94. The van der Waals surface area contributed by atoms with Crippen molar-refractivity contribution in [2.24, 2.45) is 11.8 Å². The second-order valence-corrected chi connectivity index (χ2v) is 14.3. The number of hydrogen-bond acceptors (Lipinski definition) is 14. The van der Waals surface area contributed by atoms with Crippen molar-refractivity contribution in [2.75, 3.05) is 21.2 Å². The minimum Gasteiger partial charge on any atom is -0.462 e. The molecule has 0 aliphatic carbocycles. The largest absolute Gasteiger partial charge is 0.462 e. The summed E-state index contributed by atoms with van der Waals surface area (Å²) in [5, 5.41) is 55.2. The molecular weight excluding hydrogens is 642 g/mol. The van der Waals surface area contributed by atoms with Crippen LogP contribution in [0.5, 0.6) is 0 Å². The fourth-order valence-corrected chi connectivity index (χ4v) is 7.04. The predicted molar refractivity (Wildman–Crippen MR) is 177 cm³/mol. The molecule has 3 heterocycles. The Bertz CT molecular complexity index is 1100. The van der Waals surface area contributed by atoms with Crippen LogP contribution < -0.4 is 0 Å². The molecule has 0 aromatic carbocycles. The van der Waals surface area contributed by atoms with E-state index in [0.717, 1.165) is 6.29 Å². The van der Waals surface area contributed by atoms with E-state index in [2.05, 4.69) is 0 Å². The Morgan fingerprint density at radius 3 is 2.31 bits per heavy atom. The van der Waals surface area contributed by atoms with Gasteiger partial charge in [0, 0.05) is 26.4 Å². The van der Waals surface area contributed by atoms with Crippen molar-refractivity contribution in [1.29, 1.82) is 0 Å². The van der Waals surface area contributed by atoms with Crippen LogP contribution in [0.2, 0.25) is 0 Å². The monoisotopic (exact) mass is 701 g/mol. The van der Waals surface area contributed by atoms with Crippen molar-refractivity contribution >= 4 is 12.3 Å². The van der Waals surface area contributed by atoms with Gasteiger partial charge in [-0.05, 0) is 60.0 Å². The SMILES string of the molecule is COC1[C@H](O)CC(=O)O[C@H](C)CC=CC=C[C@H](O)[C@H](C)C[C@H](CC=O)[C@@H]1O[C@@H]1O[C@H](C)[C@@H](O[C@H]2C[C@@](C)(O)[C@@H](O)[C@H](C)O2)[C@H](N(C)C)[C@H]1O. The molecule has 0 amide bonds. The molecule has 14 nitrogen and oxygen atoms in total. The van der Waals surface area contributed by atoms with Crippen LogP contribution in [0.4, 0.5) is 0 Å². The first-order valence-corrected chi connectivity index (χ1v) is 17.2. The van der Waals surface area contributed by atoms with Gasteiger partial charge in [0.2, 0.25) is 0 Å². The van der Waals surface area contributed by atoms with Crippen molar-refractivity contribution in [3.05, 3.63) is 24.3 Å². The average Bonchev–Trinajstić information content (AvgIpc) is 3.00. The van der Waals surface area contributed by atoms with Gasteiger partial charge >= 0.3 is 5.97 Å². The minimum atomic E-state index is -1.46. The molecule has 5 N–H and O–H groups in total. The molecule has 49 heavy (non-hydrogen) atoms. The maximum absolute atomic E-state index is 12.8. The van der Waals surface area contributed by atoms with Crippen LogP contribution in [-0.2, 0) is 38.0 Å². The van der Waals surface area contributed by atoms with E-state index < -0.39 is 104 Å². The lowest BCUT2D eigenvalue weighted by atomic mass is 9.82. The van der Waals surface area contributed by atoms with Crippen molar-refractivity contribution in [2.45, 2.75) is 152 Å². The number of nitrogens with zero attached hydrogens (tertiary/aromatic N) is 1.